The predicted octanol–water partition coefficient (Wildman–Crippen LogP) is 4.18. The molecule has 2 aliphatic carbocycles. The molecule has 4 nitrogen and oxygen atoms in total. The Kier molecular flexibility index (Phi) is 4.57. The van der Waals surface area contributed by atoms with Gasteiger partial charge in [0.15, 0.2) is 0 Å². The summed E-state index contributed by atoms with van der Waals surface area (Å²) in [5.41, 5.74) is 7.84. The molecule has 0 radical (unpaired) electrons. The van der Waals surface area contributed by atoms with Gasteiger partial charge in [-0.25, -0.2) is 0 Å². The Morgan fingerprint density at radius 1 is 1.00 bits per heavy atom. The number of hydrogen-bond acceptors (Lipinski definition) is 3. The maximum absolute atomic E-state index is 13.4. The van der Waals surface area contributed by atoms with Crippen molar-refractivity contribution in [2.45, 2.75) is 56.8 Å². The van der Waals surface area contributed by atoms with E-state index in [0.29, 0.717) is 10.6 Å². The molecule has 2 aliphatic rings. The number of anilines is 1. The average molecular weight is 369 g/mol. The first kappa shape index (κ1) is 17.3. The molecule has 0 spiro atoms. The number of amides is 2. The predicted molar refractivity (Wildman–Crippen MR) is 105 cm³/mol. The third kappa shape index (κ3) is 2.84. The fourth-order valence-electron chi connectivity index (χ4n) is 4.52. The van der Waals surface area contributed by atoms with Crippen LogP contribution in [0.2, 0.25) is 0 Å². The molecule has 1 fully saturated rings. The third-order valence-electron chi connectivity index (χ3n) is 5.86. The fraction of sp³-hybridized carbons (Fsp3) is 0.429. The Morgan fingerprint density at radius 3 is 2.38 bits per heavy atom. The highest BCUT2D eigenvalue weighted by Crippen LogP contribution is 2.44. The van der Waals surface area contributed by atoms with Gasteiger partial charge in [0.1, 0.15) is 5.00 Å². The molecule has 1 aromatic heterocycles. The molecule has 0 unspecified atom stereocenters. The van der Waals surface area contributed by atoms with E-state index < -0.39 is 11.3 Å². The van der Waals surface area contributed by atoms with Crippen LogP contribution in [0, 0.1) is 0 Å². The molecule has 0 aliphatic heterocycles. The van der Waals surface area contributed by atoms with E-state index in [1.54, 1.807) is 0 Å². The fourth-order valence-corrected chi connectivity index (χ4v) is 5.81. The second kappa shape index (κ2) is 6.88. The van der Waals surface area contributed by atoms with Gasteiger partial charge in [-0.1, -0.05) is 43.2 Å². The van der Waals surface area contributed by atoms with Crippen LogP contribution in [-0.2, 0) is 23.1 Å². The minimum absolute atomic E-state index is 0.00213. The van der Waals surface area contributed by atoms with E-state index in [9.17, 15) is 9.59 Å². The number of nitrogens with two attached hydrogens (primary N) is 1. The minimum atomic E-state index is -0.499. The summed E-state index contributed by atoms with van der Waals surface area (Å²) < 4.78 is 0. The summed E-state index contributed by atoms with van der Waals surface area (Å²) in [4.78, 5) is 26.7. The van der Waals surface area contributed by atoms with E-state index in [0.717, 1.165) is 62.5 Å². The maximum Gasteiger partial charge on any atom is 0.251 e. The van der Waals surface area contributed by atoms with Gasteiger partial charge >= 0.3 is 0 Å². The van der Waals surface area contributed by atoms with Crippen molar-refractivity contribution in [3.63, 3.8) is 0 Å². The molecule has 1 saturated carbocycles. The van der Waals surface area contributed by atoms with Gasteiger partial charge in [-0.2, -0.15) is 0 Å². The zero-order valence-electron chi connectivity index (χ0n) is 14.8. The smallest absolute Gasteiger partial charge is 0.251 e. The molecule has 1 heterocycles. The first-order valence-corrected chi connectivity index (χ1v) is 10.2. The lowest BCUT2D eigenvalue weighted by molar-refractivity contribution is -0.121. The molecular weight excluding hydrogens is 344 g/mol. The van der Waals surface area contributed by atoms with Crippen molar-refractivity contribution in [2.24, 2.45) is 5.73 Å². The largest absolute Gasteiger partial charge is 0.365 e. The minimum Gasteiger partial charge on any atom is -0.365 e. The Labute approximate surface area is 157 Å². The van der Waals surface area contributed by atoms with Crippen LogP contribution in [-0.4, -0.2) is 11.8 Å². The number of carbonyl (C=O) groups excluding carboxylic acids is 2. The van der Waals surface area contributed by atoms with E-state index in [2.05, 4.69) is 5.32 Å². The maximum atomic E-state index is 13.4. The summed E-state index contributed by atoms with van der Waals surface area (Å²) >= 11 is 1.54. The van der Waals surface area contributed by atoms with Crippen molar-refractivity contribution in [1.82, 2.24) is 0 Å². The van der Waals surface area contributed by atoms with Gasteiger partial charge in [0.05, 0.1) is 11.0 Å². The molecule has 0 bridgehead atoms. The number of aryl methyl sites for hydroxylation is 1. The van der Waals surface area contributed by atoms with Crippen LogP contribution in [0.5, 0.6) is 0 Å². The molecule has 4 rings (SSSR count). The molecule has 0 saturated heterocycles. The number of benzene rings is 1. The first-order valence-electron chi connectivity index (χ1n) is 9.43. The third-order valence-corrected chi connectivity index (χ3v) is 7.07. The lowest BCUT2D eigenvalue weighted by Gasteiger charge is -2.28. The van der Waals surface area contributed by atoms with Gasteiger partial charge in [0.2, 0.25) is 5.91 Å². The zero-order valence-corrected chi connectivity index (χ0v) is 15.7. The normalized spacial score (nSPS) is 18.3. The summed E-state index contributed by atoms with van der Waals surface area (Å²) in [6.07, 6.45) is 7.85. The van der Waals surface area contributed by atoms with Crippen molar-refractivity contribution in [1.29, 1.82) is 0 Å². The van der Waals surface area contributed by atoms with Crippen LogP contribution in [0.15, 0.2) is 30.3 Å². The topological polar surface area (TPSA) is 72.2 Å². The lowest BCUT2D eigenvalue weighted by atomic mass is 9.78. The van der Waals surface area contributed by atoms with E-state index in [1.807, 2.05) is 30.3 Å². The average Bonchev–Trinajstić information content (AvgIpc) is 3.27. The monoisotopic (exact) mass is 368 g/mol. The highest BCUT2D eigenvalue weighted by atomic mass is 32.1. The number of hydrogen-bond donors (Lipinski definition) is 2. The van der Waals surface area contributed by atoms with Gasteiger partial charge in [0, 0.05) is 4.88 Å². The van der Waals surface area contributed by atoms with E-state index in [-0.39, 0.29) is 5.91 Å². The molecule has 2 aromatic rings. The molecule has 136 valence electrons. The highest BCUT2D eigenvalue weighted by Gasteiger charge is 2.43. The molecule has 2 amide bonds. The van der Waals surface area contributed by atoms with Crippen LogP contribution in [0.25, 0.3) is 0 Å². The SMILES string of the molecule is NC(=O)c1c(NC(=O)C2(c3ccccc3)CCCC2)sc2c1CCCC2. The van der Waals surface area contributed by atoms with Gasteiger partial charge in [-0.05, 0) is 49.7 Å². The van der Waals surface area contributed by atoms with Gasteiger partial charge in [-0.3, -0.25) is 9.59 Å². The molecule has 3 N–H and O–H groups in total. The number of thiophene rings is 1. The Morgan fingerprint density at radius 2 is 1.69 bits per heavy atom. The Hall–Kier alpha value is -2.14. The van der Waals surface area contributed by atoms with Crippen molar-refractivity contribution < 1.29 is 9.59 Å². The van der Waals surface area contributed by atoms with Gasteiger partial charge in [-0.15, -0.1) is 11.3 Å². The van der Waals surface area contributed by atoms with Gasteiger partial charge in [0.25, 0.3) is 5.91 Å². The van der Waals surface area contributed by atoms with Crippen molar-refractivity contribution in [3.05, 3.63) is 51.9 Å². The number of nitrogens with one attached hydrogen (secondary N) is 1. The highest BCUT2D eigenvalue weighted by molar-refractivity contribution is 7.17. The summed E-state index contributed by atoms with van der Waals surface area (Å²) in [7, 11) is 0. The second-order valence-corrected chi connectivity index (χ2v) is 8.49. The van der Waals surface area contributed by atoms with Crippen molar-refractivity contribution in [3.8, 4) is 0 Å². The number of primary amides is 1. The zero-order chi connectivity index (χ0) is 18.1. The van der Waals surface area contributed by atoms with Crippen molar-refractivity contribution >= 4 is 28.2 Å². The Bertz CT molecular complexity index is 835. The van der Waals surface area contributed by atoms with E-state index >= 15 is 0 Å². The van der Waals surface area contributed by atoms with Crippen LogP contribution in [0.1, 0.15) is 64.9 Å². The molecular formula is C21H24N2O2S. The van der Waals surface area contributed by atoms with Crippen LogP contribution >= 0.6 is 11.3 Å². The molecule has 0 atom stereocenters. The number of rotatable bonds is 4. The lowest BCUT2D eigenvalue weighted by Crippen LogP contribution is -2.38. The van der Waals surface area contributed by atoms with Crippen LogP contribution in [0.4, 0.5) is 5.00 Å². The summed E-state index contributed by atoms with van der Waals surface area (Å²) in [5.74, 6) is -0.429. The summed E-state index contributed by atoms with van der Waals surface area (Å²) in [6, 6.07) is 10.0. The summed E-state index contributed by atoms with van der Waals surface area (Å²) in [5, 5.41) is 3.76. The molecule has 26 heavy (non-hydrogen) atoms. The van der Waals surface area contributed by atoms with Crippen LogP contribution < -0.4 is 11.1 Å². The first-order chi connectivity index (χ1) is 12.6. The van der Waals surface area contributed by atoms with E-state index in [1.165, 1.54) is 16.2 Å². The molecule has 1 aromatic carbocycles. The summed E-state index contributed by atoms with van der Waals surface area (Å²) in [6.45, 7) is 0. The quantitative estimate of drug-likeness (QED) is 0.850. The van der Waals surface area contributed by atoms with E-state index in [4.69, 9.17) is 5.73 Å². The van der Waals surface area contributed by atoms with Gasteiger partial charge < -0.3 is 11.1 Å². The number of fused-ring (bicyclic) bond motifs is 1. The standard InChI is InChI=1S/C21H24N2O2S/c22-18(24)17-15-10-4-5-11-16(15)26-19(17)23-20(25)21(12-6-7-13-21)14-8-2-1-3-9-14/h1-3,8-9H,4-7,10-13H2,(H2,22,24)(H,23,25). The molecule has 5 heteroatoms. The second-order valence-electron chi connectivity index (χ2n) is 7.39. The Balaban J connectivity index is 1.69. The van der Waals surface area contributed by atoms with Crippen LogP contribution in [0.3, 0.4) is 0 Å². The van der Waals surface area contributed by atoms with Crippen molar-refractivity contribution in [2.75, 3.05) is 5.32 Å². The number of carbonyl (C=O) groups is 2.